The second kappa shape index (κ2) is 6.20. The highest BCUT2D eigenvalue weighted by molar-refractivity contribution is 5.07. The maximum atomic E-state index is 6.16. The highest BCUT2D eigenvalue weighted by Crippen LogP contribution is 2.25. The third-order valence-corrected chi connectivity index (χ3v) is 2.75. The highest BCUT2D eigenvalue weighted by Gasteiger charge is 2.32. The van der Waals surface area contributed by atoms with Gasteiger partial charge in [-0.3, -0.25) is 0 Å². The van der Waals surface area contributed by atoms with Crippen LogP contribution in [0.3, 0.4) is 0 Å². The van der Waals surface area contributed by atoms with Gasteiger partial charge in [0.1, 0.15) is 0 Å². The zero-order valence-electron chi connectivity index (χ0n) is 10.3. The second-order valence-electron chi connectivity index (χ2n) is 3.97. The average molecular weight is 199 g/mol. The molecular weight excluding hydrogens is 174 g/mol. The minimum absolute atomic E-state index is 0.00227. The van der Waals surface area contributed by atoms with E-state index in [0.717, 1.165) is 19.4 Å². The molecule has 1 unspecified atom stereocenters. The van der Waals surface area contributed by atoms with Gasteiger partial charge in [0, 0.05) is 6.61 Å². The Labute approximate surface area is 88.5 Å². The Morgan fingerprint density at radius 2 is 1.79 bits per heavy atom. The second-order valence-corrected chi connectivity index (χ2v) is 3.97. The normalized spacial score (nSPS) is 13.9. The summed E-state index contributed by atoms with van der Waals surface area (Å²) in [4.78, 5) is 0. The van der Waals surface area contributed by atoms with Crippen molar-refractivity contribution >= 4 is 0 Å². The number of hydrogen-bond acceptors (Lipinski definition) is 2. The van der Waals surface area contributed by atoms with E-state index in [1.807, 2.05) is 6.92 Å². The van der Waals surface area contributed by atoms with Crippen LogP contribution in [-0.2, 0) is 4.74 Å². The summed E-state index contributed by atoms with van der Waals surface area (Å²) < 4.78 is 5.82. The van der Waals surface area contributed by atoms with Gasteiger partial charge in [-0.15, -0.1) is 0 Å². The highest BCUT2D eigenvalue weighted by atomic mass is 16.5. The average Bonchev–Trinajstić information content (AvgIpc) is 2.13. The van der Waals surface area contributed by atoms with Crippen LogP contribution in [0.1, 0.15) is 47.5 Å². The molecule has 0 fully saturated rings. The van der Waals surface area contributed by atoms with Crippen molar-refractivity contribution in [2.24, 2.45) is 5.73 Å². The first-order valence-electron chi connectivity index (χ1n) is 5.57. The molecule has 0 amide bonds. The Morgan fingerprint density at radius 3 is 2.07 bits per heavy atom. The van der Waals surface area contributed by atoms with Gasteiger partial charge in [-0.25, -0.2) is 0 Å². The van der Waals surface area contributed by atoms with Crippen LogP contribution in [0.4, 0.5) is 0 Å². The van der Waals surface area contributed by atoms with E-state index in [9.17, 15) is 0 Å². The van der Waals surface area contributed by atoms with E-state index in [1.165, 1.54) is 5.57 Å². The summed E-state index contributed by atoms with van der Waals surface area (Å²) in [5, 5.41) is 0. The van der Waals surface area contributed by atoms with Gasteiger partial charge in [0.2, 0.25) is 0 Å². The van der Waals surface area contributed by atoms with Gasteiger partial charge in [-0.2, -0.15) is 0 Å². The molecule has 0 saturated heterocycles. The molecule has 0 aliphatic rings. The van der Waals surface area contributed by atoms with Crippen molar-refractivity contribution in [3.8, 4) is 0 Å². The molecule has 0 radical (unpaired) electrons. The van der Waals surface area contributed by atoms with Gasteiger partial charge in [0.25, 0.3) is 0 Å². The molecule has 0 aromatic heterocycles. The first-order valence-corrected chi connectivity index (χ1v) is 5.57. The lowest BCUT2D eigenvalue weighted by Crippen LogP contribution is -2.48. The van der Waals surface area contributed by atoms with Crippen LogP contribution in [-0.4, -0.2) is 18.2 Å². The summed E-state index contributed by atoms with van der Waals surface area (Å²) in [6.07, 6.45) is 4.02. The summed E-state index contributed by atoms with van der Waals surface area (Å²) in [7, 11) is 0. The SMILES string of the molecule is CCOC(CC)(CC)C(N)C=C(C)C. The lowest BCUT2D eigenvalue weighted by Gasteiger charge is -2.36. The summed E-state index contributed by atoms with van der Waals surface area (Å²) in [6.45, 7) is 11.2. The van der Waals surface area contributed by atoms with Gasteiger partial charge < -0.3 is 10.5 Å². The molecule has 0 spiro atoms. The van der Waals surface area contributed by atoms with Gasteiger partial charge in [0.15, 0.2) is 0 Å². The van der Waals surface area contributed by atoms with E-state index in [4.69, 9.17) is 10.5 Å². The maximum absolute atomic E-state index is 6.16. The summed E-state index contributed by atoms with van der Waals surface area (Å²) in [5.74, 6) is 0. The molecule has 2 nitrogen and oxygen atoms in total. The molecule has 0 bridgehead atoms. The van der Waals surface area contributed by atoms with Gasteiger partial charge >= 0.3 is 0 Å². The molecule has 0 saturated carbocycles. The Bertz CT molecular complexity index is 179. The van der Waals surface area contributed by atoms with Crippen LogP contribution < -0.4 is 5.73 Å². The van der Waals surface area contributed by atoms with Crippen LogP contribution in [0, 0.1) is 0 Å². The predicted molar refractivity (Wildman–Crippen MR) is 62.3 cm³/mol. The Hall–Kier alpha value is -0.340. The first kappa shape index (κ1) is 13.7. The molecule has 0 aromatic rings. The smallest absolute Gasteiger partial charge is 0.0862 e. The fourth-order valence-electron chi connectivity index (χ4n) is 1.82. The third kappa shape index (κ3) is 3.43. The summed E-state index contributed by atoms with van der Waals surface area (Å²) in [6, 6.07) is 0.00227. The van der Waals surface area contributed by atoms with E-state index in [2.05, 4.69) is 33.8 Å². The van der Waals surface area contributed by atoms with Crippen molar-refractivity contribution in [3.63, 3.8) is 0 Å². The lowest BCUT2D eigenvalue weighted by molar-refractivity contribution is -0.0537. The quantitative estimate of drug-likeness (QED) is 0.668. The van der Waals surface area contributed by atoms with Crippen LogP contribution >= 0.6 is 0 Å². The topological polar surface area (TPSA) is 35.2 Å². The number of nitrogens with two attached hydrogens (primary N) is 1. The van der Waals surface area contributed by atoms with Crippen LogP contribution in [0.5, 0.6) is 0 Å². The molecule has 0 heterocycles. The predicted octanol–water partition coefficient (Wildman–Crippen LogP) is 2.88. The standard InChI is InChI=1S/C12H25NO/c1-6-12(7-2,14-8-3)11(13)9-10(4)5/h9,11H,6-8,13H2,1-5H3. The van der Waals surface area contributed by atoms with Crippen molar-refractivity contribution in [1.82, 2.24) is 0 Å². The number of allylic oxidation sites excluding steroid dienone is 1. The van der Waals surface area contributed by atoms with E-state index >= 15 is 0 Å². The minimum atomic E-state index is -0.175. The van der Waals surface area contributed by atoms with E-state index in [0.29, 0.717) is 0 Å². The maximum Gasteiger partial charge on any atom is 0.0862 e. The molecule has 0 aliphatic carbocycles. The van der Waals surface area contributed by atoms with Gasteiger partial charge in [-0.1, -0.05) is 25.5 Å². The van der Waals surface area contributed by atoms with Crippen molar-refractivity contribution in [1.29, 1.82) is 0 Å². The van der Waals surface area contributed by atoms with Crippen molar-refractivity contribution in [2.75, 3.05) is 6.61 Å². The van der Waals surface area contributed by atoms with Crippen molar-refractivity contribution < 1.29 is 4.74 Å². The van der Waals surface area contributed by atoms with Crippen LogP contribution in [0.15, 0.2) is 11.6 Å². The zero-order chi connectivity index (χ0) is 11.2. The zero-order valence-corrected chi connectivity index (χ0v) is 10.3. The largest absolute Gasteiger partial charge is 0.373 e. The van der Waals surface area contributed by atoms with Gasteiger partial charge in [0.05, 0.1) is 11.6 Å². The molecule has 0 aliphatic heterocycles. The summed E-state index contributed by atoms with van der Waals surface area (Å²) in [5.41, 5.74) is 7.24. The van der Waals surface area contributed by atoms with Crippen LogP contribution in [0.2, 0.25) is 0 Å². The first-order chi connectivity index (χ1) is 6.52. The molecule has 84 valence electrons. The molecule has 2 heteroatoms. The third-order valence-electron chi connectivity index (χ3n) is 2.75. The minimum Gasteiger partial charge on any atom is -0.373 e. The van der Waals surface area contributed by atoms with Crippen molar-refractivity contribution in [2.45, 2.75) is 59.1 Å². The van der Waals surface area contributed by atoms with E-state index in [-0.39, 0.29) is 11.6 Å². The van der Waals surface area contributed by atoms with E-state index < -0.39 is 0 Å². The number of hydrogen-bond donors (Lipinski definition) is 1. The Morgan fingerprint density at radius 1 is 1.29 bits per heavy atom. The van der Waals surface area contributed by atoms with Crippen LogP contribution in [0.25, 0.3) is 0 Å². The monoisotopic (exact) mass is 199 g/mol. The number of rotatable bonds is 6. The van der Waals surface area contributed by atoms with Crippen molar-refractivity contribution in [3.05, 3.63) is 11.6 Å². The molecule has 0 rings (SSSR count). The fourth-order valence-corrected chi connectivity index (χ4v) is 1.82. The molecule has 0 aromatic carbocycles. The summed E-state index contributed by atoms with van der Waals surface area (Å²) >= 11 is 0. The Kier molecular flexibility index (Phi) is 6.05. The number of ether oxygens (including phenoxy) is 1. The molecule has 1 atom stereocenters. The molecule has 14 heavy (non-hydrogen) atoms. The van der Waals surface area contributed by atoms with E-state index in [1.54, 1.807) is 0 Å². The lowest BCUT2D eigenvalue weighted by atomic mass is 9.87. The Balaban J connectivity index is 4.69. The molecule has 2 N–H and O–H groups in total. The van der Waals surface area contributed by atoms with Gasteiger partial charge in [-0.05, 0) is 33.6 Å². The fraction of sp³-hybridized carbons (Fsp3) is 0.833. The molecular formula is C12H25NO.